The maximum atomic E-state index is 14.3. The van der Waals surface area contributed by atoms with E-state index >= 15 is 0 Å². The molecule has 4 aromatic rings. The highest BCUT2D eigenvalue weighted by atomic mass is 79.9. The van der Waals surface area contributed by atoms with Crippen molar-refractivity contribution >= 4 is 43.7 Å². The quantitative estimate of drug-likeness (QED) is 0.163. The second-order valence-electron chi connectivity index (χ2n) is 10.1. The van der Waals surface area contributed by atoms with Gasteiger partial charge in [0.05, 0.1) is 6.61 Å². The molecule has 6 nitrogen and oxygen atoms in total. The maximum Gasteiger partial charge on any atom is 0.252 e. The minimum absolute atomic E-state index is 0.0375. The van der Waals surface area contributed by atoms with E-state index < -0.39 is 29.2 Å². The predicted octanol–water partition coefficient (Wildman–Crippen LogP) is 7.07. The van der Waals surface area contributed by atoms with E-state index in [1.165, 1.54) is 12.1 Å². The molecule has 2 atom stereocenters. The Morgan fingerprint density at radius 3 is 2.33 bits per heavy atom. The summed E-state index contributed by atoms with van der Waals surface area (Å²) in [6.45, 7) is 0.307. The number of amides is 1. The van der Waals surface area contributed by atoms with E-state index in [2.05, 4.69) is 37.2 Å². The number of halogens is 4. The van der Waals surface area contributed by atoms with Crippen molar-refractivity contribution in [3.05, 3.63) is 134 Å². The van der Waals surface area contributed by atoms with E-state index in [4.69, 9.17) is 19.6 Å². The molecule has 0 aliphatic carbocycles. The highest BCUT2D eigenvalue weighted by molar-refractivity contribution is 9.10. The van der Waals surface area contributed by atoms with Crippen molar-refractivity contribution < 1.29 is 28.2 Å². The van der Waals surface area contributed by atoms with Crippen LogP contribution < -0.4 is 10.1 Å². The van der Waals surface area contributed by atoms with Gasteiger partial charge in [-0.25, -0.2) is 13.8 Å². The number of hydrogen-bond donors (Lipinski definition) is 2. The molecule has 2 N–H and O–H groups in total. The van der Waals surface area contributed by atoms with E-state index in [1.54, 1.807) is 24.3 Å². The molecule has 0 unspecified atom stereocenters. The lowest BCUT2D eigenvalue weighted by Gasteiger charge is -2.31. The van der Waals surface area contributed by atoms with E-state index in [0.717, 1.165) is 20.6 Å². The second kappa shape index (κ2) is 13.8. The van der Waals surface area contributed by atoms with Crippen LogP contribution in [0.5, 0.6) is 5.75 Å². The van der Waals surface area contributed by atoms with Gasteiger partial charge in [-0.2, -0.15) is 0 Å². The number of aliphatic hydroxyl groups excluding tert-OH is 1. The molecule has 1 heterocycles. The molecule has 222 valence electrons. The van der Waals surface area contributed by atoms with E-state index in [1.807, 2.05) is 48.5 Å². The van der Waals surface area contributed by atoms with Crippen LogP contribution in [0.1, 0.15) is 34.8 Å². The predicted molar refractivity (Wildman–Crippen MR) is 167 cm³/mol. The van der Waals surface area contributed by atoms with Crippen LogP contribution in [0, 0.1) is 11.6 Å². The normalized spacial score (nSPS) is 17.7. The monoisotopic (exact) mass is 712 g/mol. The van der Waals surface area contributed by atoms with Crippen LogP contribution in [0.2, 0.25) is 0 Å². The Bertz CT molecular complexity index is 1600. The number of ether oxygens (including phenoxy) is 2. The third-order valence-electron chi connectivity index (χ3n) is 6.98. The standard InChI is InChI=1S/C33H28Br2F2N2O4/c34-24-10-6-21(7-11-24)19-33(32(41)38-20-22-16-25(36)18-26(37)17-22)30(28-4-1-2-5-29(28)35)43-31(39-33)23-8-12-27(13-9-23)42-15-3-14-40/h1-2,4-13,16-18,30,40H,3,14-15,19-20H2,(H,38,41)/t30-,33-/m1/s1. The fraction of sp³-hybridized carbons (Fsp3) is 0.212. The first-order chi connectivity index (χ1) is 20.8. The fourth-order valence-electron chi connectivity index (χ4n) is 4.91. The van der Waals surface area contributed by atoms with Gasteiger partial charge in [0.2, 0.25) is 5.90 Å². The molecule has 1 amide bonds. The number of carbonyl (C=O) groups is 1. The zero-order chi connectivity index (χ0) is 30.4. The summed E-state index contributed by atoms with van der Waals surface area (Å²) < 4.78 is 41.6. The van der Waals surface area contributed by atoms with Crippen LogP contribution >= 0.6 is 31.9 Å². The van der Waals surface area contributed by atoms with Crippen LogP contribution in [0.4, 0.5) is 8.78 Å². The molecule has 10 heteroatoms. The summed E-state index contributed by atoms with van der Waals surface area (Å²) in [5.41, 5.74) is 1.00. The maximum absolute atomic E-state index is 14.3. The van der Waals surface area contributed by atoms with E-state index in [9.17, 15) is 13.6 Å². The average Bonchev–Trinajstić information content (AvgIpc) is 3.37. The smallest absolute Gasteiger partial charge is 0.252 e. The topological polar surface area (TPSA) is 80.2 Å². The molecule has 0 radical (unpaired) electrons. The lowest BCUT2D eigenvalue weighted by atomic mass is 9.82. The van der Waals surface area contributed by atoms with Gasteiger partial charge in [-0.1, -0.05) is 62.2 Å². The summed E-state index contributed by atoms with van der Waals surface area (Å²) in [7, 11) is 0. The highest BCUT2D eigenvalue weighted by Crippen LogP contribution is 2.44. The van der Waals surface area contributed by atoms with Crippen LogP contribution in [-0.4, -0.2) is 35.7 Å². The third kappa shape index (κ3) is 7.31. The number of rotatable bonds is 11. The van der Waals surface area contributed by atoms with Crippen molar-refractivity contribution in [3.63, 3.8) is 0 Å². The Morgan fingerprint density at radius 2 is 1.65 bits per heavy atom. The molecule has 0 bridgehead atoms. The zero-order valence-corrected chi connectivity index (χ0v) is 26.1. The third-order valence-corrected chi connectivity index (χ3v) is 8.23. The minimum Gasteiger partial charge on any atom is -0.494 e. The number of carbonyl (C=O) groups excluding carboxylic acids is 1. The number of nitrogens with zero attached hydrogens (tertiary/aromatic N) is 1. The van der Waals surface area contributed by atoms with Crippen LogP contribution in [0.3, 0.4) is 0 Å². The van der Waals surface area contributed by atoms with Gasteiger partial charge in [-0.05, 0) is 65.7 Å². The van der Waals surface area contributed by atoms with E-state index in [-0.39, 0.29) is 31.0 Å². The van der Waals surface area contributed by atoms with Crippen molar-refractivity contribution in [3.8, 4) is 5.75 Å². The summed E-state index contributed by atoms with van der Waals surface area (Å²) in [4.78, 5) is 19.3. The molecule has 0 aromatic heterocycles. The molecule has 1 aliphatic heterocycles. The lowest BCUT2D eigenvalue weighted by Crippen LogP contribution is -2.49. The first-order valence-corrected chi connectivity index (χ1v) is 15.2. The summed E-state index contributed by atoms with van der Waals surface area (Å²) in [5.74, 6) is -1.02. The SMILES string of the molecule is O=C(NCc1cc(F)cc(F)c1)[C@]1(Cc2ccc(Br)cc2)N=C(c2ccc(OCCCO)cc2)O[C@@H]1c1ccccc1Br. The molecule has 4 aromatic carbocycles. The molecule has 0 fully saturated rings. The second-order valence-corrected chi connectivity index (χ2v) is 11.8. The average molecular weight is 714 g/mol. The summed E-state index contributed by atoms with van der Waals surface area (Å²) in [6, 6.07) is 25.4. The Hall–Kier alpha value is -3.60. The van der Waals surface area contributed by atoms with Crippen molar-refractivity contribution in [2.45, 2.75) is 31.0 Å². The number of aliphatic hydroxyl groups is 1. The molecular formula is C33H28Br2F2N2O4. The fourth-order valence-corrected chi connectivity index (χ4v) is 5.67. The number of aliphatic imine (C=N–C) groups is 1. The molecule has 0 saturated carbocycles. The number of hydrogen-bond acceptors (Lipinski definition) is 5. The van der Waals surface area contributed by atoms with Gasteiger partial charge in [-0.15, -0.1) is 0 Å². The molecule has 1 aliphatic rings. The zero-order valence-electron chi connectivity index (χ0n) is 22.9. The van der Waals surface area contributed by atoms with Gasteiger partial charge in [0.25, 0.3) is 5.91 Å². The van der Waals surface area contributed by atoms with Crippen molar-refractivity contribution in [2.75, 3.05) is 13.2 Å². The van der Waals surface area contributed by atoms with Crippen molar-refractivity contribution in [1.29, 1.82) is 0 Å². The van der Waals surface area contributed by atoms with Crippen LogP contribution in [0.15, 0.2) is 105 Å². The van der Waals surface area contributed by atoms with Crippen LogP contribution in [-0.2, 0) is 22.5 Å². The summed E-state index contributed by atoms with van der Waals surface area (Å²) in [5, 5.41) is 11.9. The molecule has 5 rings (SSSR count). The van der Waals surface area contributed by atoms with Crippen molar-refractivity contribution in [2.24, 2.45) is 4.99 Å². The Kier molecular flexibility index (Phi) is 9.90. The molecule has 43 heavy (non-hydrogen) atoms. The lowest BCUT2D eigenvalue weighted by molar-refractivity contribution is -0.129. The highest BCUT2D eigenvalue weighted by Gasteiger charge is 2.53. The minimum atomic E-state index is -1.48. The van der Waals surface area contributed by atoms with Gasteiger partial charge in [-0.3, -0.25) is 4.79 Å². The number of nitrogens with one attached hydrogen (secondary N) is 1. The first kappa shape index (κ1) is 30.8. The Labute approximate surface area is 265 Å². The first-order valence-electron chi connectivity index (χ1n) is 13.6. The van der Waals surface area contributed by atoms with Gasteiger partial charge in [0.1, 0.15) is 17.4 Å². The van der Waals surface area contributed by atoms with Gasteiger partial charge in [0, 0.05) is 52.1 Å². The summed E-state index contributed by atoms with van der Waals surface area (Å²) in [6.07, 6.45) is -0.144. The number of benzene rings is 4. The van der Waals surface area contributed by atoms with Crippen molar-refractivity contribution in [1.82, 2.24) is 5.32 Å². The van der Waals surface area contributed by atoms with Crippen LogP contribution in [0.25, 0.3) is 0 Å². The molecular weight excluding hydrogens is 686 g/mol. The Morgan fingerprint density at radius 1 is 0.953 bits per heavy atom. The molecule has 0 spiro atoms. The van der Waals surface area contributed by atoms with Gasteiger partial charge >= 0.3 is 0 Å². The largest absolute Gasteiger partial charge is 0.494 e. The van der Waals surface area contributed by atoms with Gasteiger partial charge < -0.3 is 19.9 Å². The summed E-state index contributed by atoms with van der Waals surface area (Å²) >= 11 is 7.09. The molecule has 0 saturated heterocycles. The van der Waals surface area contributed by atoms with Gasteiger partial charge in [0.15, 0.2) is 11.6 Å². The van der Waals surface area contributed by atoms with E-state index in [0.29, 0.717) is 29.9 Å². The Balaban J connectivity index is 1.56.